The highest BCUT2D eigenvalue weighted by atomic mass is 16.5. The SMILES string of the molecule is CCCC(COC)Nc1cc(C)nc(C)c1C(=O)O. The quantitative estimate of drug-likeness (QED) is 0.793. The molecule has 0 saturated carbocycles. The minimum Gasteiger partial charge on any atom is -0.478 e. The maximum Gasteiger partial charge on any atom is 0.339 e. The molecule has 1 atom stereocenters. The molecule has 106 valence electrons. The molecule has 1 aromatic heterocycles. The fourth-order valence-electron chi connectivity index (χ4n) is 2.18. The molecule has 1 rings (SSSR count). The van der Waals surface area contributed by atoms with Crippen LogP contribution in [0.1, 0.15) is 41.5 Å². The Bertz CT molecular complexity index is 441. The minimum absolute atomic E-state index is 0.106. The van der Waals surface area contributed by atoms with Gasteiger partial charge in [-0.3, -0.25) is 4.98 Å². The van der Waals surface area contributed by atoms with Crippen LogP contribution in [0.25, 0.3) is 0 Å². The largest absolute Gasteiger partial charge is 0.478 e. The first-order valence-electron chi connectivity index (χ1n) is 6.46. The van der Waals surface area contributed by atoms with Crippen LogP contribution < -0.4 is 5.32 Å². The second-order valence-corrected chi connectivity index (χ2v) is 4.66. The molecule has 1 aromatic rings. The van der Waals surface area contributed by atoms with Crippen LogP contribution in [0, 0.1) is 13.8 Å². The average molecular weight is 266 g/mol. The van der Waals surface area contributed by atoms with Gasteiger partial charge in [-0.1, -0.05) is 13.3 Å². The van der Waals surface area contributed by atoms with Crippen molar-refractivity contribution in [3.63, 3.8) is 0 Å². The molecule has 0 aliphatic rings. The van der Waals surface area contributed by atoms with Gasteiger partial charge in [-0.25, -0.2) is 4.79 Å². The molecule has 0 radical (unpaired) electrons. The van der Waals surface area contributed by atoms with E-state index < -0.39 is 5.97 Å². The number of carboxylic acid groups (broad SMARTS) is 1. The molecule has 0 spiro atoms. The molecule has 5 heteroatoms. The van der Waals surface area contributed by atoms with Gasteiger partial charge in [-0.2, -0.15) is 0 Å². The number of hydrogen-bond acceptors (Lipinski definition) is 4. The Kier molecular flexibility index (Phi) is 5.76. The Balaban J connectivity index is 3.06. The molecule has 0 aromatic carbocycles. The molecule has 1 heterocycles. The number of ether oxygens (including phenoxy) is 1. The average Bonchev–Trinajstić information content (AvgIpc) is 2.27. The van der Waals surface area contributed by atoms with Gasteiger partial charge in [0, 0.05) is 18.8 Å². The van der Waals surface area contributed by atoms with E-state index in [9.17, 15) is 9.90 Å². The first-order valence-corrected chi connectivity index (χ1v) is 6.46. The predicted molar refractivity (Wildman–Crippen MR) is 74.9 cm³/mol. The van der Waals surface area contributed by atoms with E-state index in [4.69, 9.17) is 4.74 Å². The molecule has 0 aliphatic carbocycles. The summed E-state index contributed by atoms with van der Waals surface area (Å²) in [6.45, 7) is 6.21. The smallest absolute Gasteiger partial charge is 0.339 e. The summed E-state index contributed by atoms with van der Waals surface area (Å²) in [7, 11) is 1.64. The lowest BCUT2D eigenvalue weighted by Gasteiger charge is -2.20. The number of methoxy groups -OCH3 is 1. The number of carboxylic acids is 1. The lowest BCUT2D eigenvalue weighted by atomic mass is 10.1. The van der Waals surface area contributed by atoms with Crippen molar-refractivity contribution < 1.29 is 14.6 Å². The molecule has 0 saturated heterocycles. The number of anilines is 1. The number of rotatable bonds is 7. The van der Waals surface area contributed by atoms with Crippen LogP contribution in [0.4, 0.5) is 5.69 Å². The molecule has 19 heavy (non-hydrogen) atoms. The Morgan fingerprint density at radius 1 is 1.53 bits per heavy atom. The van der Waals surface area contributed by atoms with Crippen molar-refractivity contribution in [2.45, 2.75) is 39.7 Å². The van der Waals surface area contributed by atoms with Gasteiger partial charge in [0.15, 0.2) is 0 Å². The van der Waals surface area contributed by atoms with Crippen molar-refractivity contribution in [1.29, 1.82) is 0 Å². The Morgan fingerprint density at radius 3 is 2.74 bits per heavy atom. The topological polar surface area (TPSA) is 71.5 Å². The number of pyridine rings is 1. The zero-order valence-electron chi connectivity index (χ0n) is 12.0. The van der Waals surface area contributed by atoms with Crippen LogP contribution in [0.15, 0.2) is 6.07 Å². The van der Waals surface area contributed by atoms with Gasteiger partial charge < -0.3 is 15.2 Å². The lowest BCUT2D eigenvalue weighted by Crippen LogP contribution is -2.26. The molecular formula is C14H22N2O3. The number of aryl methyl sites for hydroxylation is 2. The third-order valence-corrected chi connectivity index (χ3v) is 2.91. The first-order chi connectivity index (χ1) is 8.99. The van der Waals surface area contributed by atoms with E-state index in [0.717, 1.165) is 18.5 Å². The van der Waals surface area contributed by atoms with E-state index in [0.29, 0.717) is 18.0 Å². The second-order valence-electron chi connectivity index (χ2n) is 4.66. The normalized spacial score (nSPS) is 12.2. The number of hydrogen-bond donors (Lipinski definition) is 2. The van der Waals surface area contributed by atoms with Crippen molar-refractivity contribution in [1.82, 2.24) is 4.98 Å². The number of nitrogens with one attached hydrogen (secondary N) is 1. The first kappa shape index (κ1) is 15.4. The van der Waals surface area contributed by atoms with Crippen LogP contribution in [0.2, 0.25) is 0 Å². The molecule has 0 amide bonds. The fourth-order valence-corrected chi connectivity index (χ4v) is 2.18. The Hall–Kier alpha value is -1.62. The van der Waals surface area contributed by atoms with Crippen molar-refractivity contribution in [3.8, 4) is 0 Å². The molecule has 0 bridgehead atoms. The van der Waals surface area contributed by atoms with Crippen molar-refractivity contribution in [3.05, 3.63) is 23.0 Å². The highest BCUT2D eigenvalue weighted by molar-refractivity contribution is 5.95. The molecule has 1 unspecified atom stereocenters. The summed E-state index contributed by atoms with van der Waals surface area (Å²) in [5.74, 6) is -0.958. The molecular weight excluding hydrogens is 244 g/mol. The molecule has 5 nitrogen and oxygen atoms in total. The van der Waals surface area contributed by atoms with E-state index in [1.165, 1.54) is 0 Å². The van der Waals surface area contributed by atoms with Crippen molar-refractivity contribution in [2.75, 3.05) is 19.0 Å². The van der Waals surface area contributed by atoms with E-state index in [1.807, 2.05) is 6.92 Å². The maximum atomic E-state index is 11.3. The summed E-state index contributed by atoms with van der Waals surface area (Å²) in [5, 5.41) is 12.6. The fraction of sp³-hybridized carbons (Fsp3) is 0.571. The van der Waals surface area contributed by atoms with Gasteiger partial charge >= 0.3 is 5.97 Å². The third-order valence-electron chi connectivity index (χ3n) is 2.91. The molecule has 0 aliphatic heterocycles. The monoisotopic (exact) mass is 266 g/mol. The zero-order chi connectivity index (χ0) is 14.4. The van der Waals surface area contributed by atoms with Crippen LogP contribution in [-0.2, 0) is 4.74 Å². The standard InChI is InChI=1S/C14H22N2O3/c1-5-6-11(8-19-4)16-12-7-9(2)15-10(3)13(12)14(17)18/h7,11H,5-6,8H2,1-4H3,(H,15,16)(H,17,18). The van der Waals surface area contributed by atoms with E-state index >= 15 is 0 Å². The van der Waals surface area contributed by atoms with Gasteiger partial charge in [0.05, 0.1) is 18.0 Å². The van der Waals surface area contributed by atoms with Crippen LogP contribution in [0.5, 0.6) is 0 Å². The summed E-state index contributed by atoms with van der Waals surface area (Å²) in [4.78, 5) is 15.5. The Morgan fingerprint density at radius 2 is 2.21 bits per heavy atom. The highest BCUT2D eigenvalue weighted by Crippen LogP contribution is 2.21. The van der Waals surface area contributed by atoms with Crippen LogP contribution in [0.3, 0.4) is 0 Å². The van der Waals surface area contributed by atoms with Gasteiger partial charge in [0.1, 0.15) is 5.56 Å². The van der Waals surface area contributed by atoms with Crippen molar-refractivity contribution >= 4 is 11.7 Å². The molecule has 2 N–H and O–H groups in total. The lowest BCUT2D eigenvalue weighted by molar-refractivity contribution is 0.0696. The summed E-state index contributed by atoms with van der Waals surface area (Å²) in [6.07, 6.45) is 1.93. The van der Waals surface area contributed by atoms with Crippen LogP contribution in [-0.4, -0.2) is 35.8 Å². The predicted octanol–water partition coefficient (Wildman–Crippen LogP) is 2.62. The molecule has 0 fully saturated rings. The van der Waals surface area contributed by atoms with Crippen molar-refractivity contribution in [2.24, 2.45) is 0 Å². The summed E-state index contributed by atoms with van der Waals surface area (Å²) >= 11 is 0. The Labute approximate surface area is 114 Å². The van der Waals surface area contributed by atoms with E-state index in [-0.39, 0.29) is 11.6 Å². The van der Waals surface area contributed by atoms with Gasteiger partial charge in [0.2, 0.25) is 0 Å². The number of nitrogens with zero attached hydrogens (tertiary/aromatic N) is 1. The third kappa shape index (κ3) is 4.21. The zero-order valence-corrected chi connectivity index (χ0v) is 12.0. The van der Waals surface area contributed by atoms with Gasteiger partial charge in [-0.15, -0.1) is 0 Å². The summed E-state index contributed by atoms with van der Waals surface area (Å²) in [6, 6.07) is 1.88. The van der Waals surface area contributed by atoms with Gasteiger partial charge in [-0.05, 0) is 26.3 Å². The van der Waals surface area contributed by atoms with E-state index in [2.05, 4.69) is 17.2 Å². The number of aromatic carboxylic acids is 1. The van der Waals surface area contributed by atoms with Gasteiger partial charge in [0.25, 0.3) is 0 Å². The van der Waals surface area contributed by atoms with Crippen LogP contribution >= 0.6 is 0 Å². The van der Waals surface area contributed by atoms with E-state index in [1.54, 1.807) is 20.1 Å². The maximum absolute atomic E-state index is 11.3. The highest BCUT2D eigenvalue weighted by Gasteiger charge is 2.18. The minimum atomic E-state index is -0.958. The number of carbonyl (C=O) groups is 1. The second kappa shape index (κ2) is 7.09. The summed E-state index contributed by atoms with van der Waals surface area (Å²) in [5.41, 5.74) is 2.19. The number of aromatic nitrogens is 1. The summed E-state index contributed by atoms with van der Waals surface area (Å²) < 4.78 is 5.16.